The van der Waals surface area contributed by atoms with E-state index in [2.05, 4.69) is 4.72 Å². The highest BCUT2D eigenvalue weighted by molar-refractivity contribution is 7.92. The lowest BCUT2D eigenvalue weighted by Gasteiger charge is -2.34. The van der Waals surface area contributed by atoms with Crippen molar-refractivity contribution in [2.24, 2.45) is 0 Å². The Morgan fingerprint density at radius 2 is 1.74 bits per heavy atom. The smallest absolute Gasteiger partial charge is 0.409 e. The summed E-state index contributed by atoms with van der Waals surface area (Å²) in [6.45, 7) is 4.96. The summed E-state index contributed by atoms with van der Waals surface area (Å²) in [6, 6.07) is 9.76. The molecule has 0 radical (unpaired) electrons. The standard InChI is InChI=1S/C21H24FN3O5S/c1-3-30-21(27)25-11-9-24(10-12-25)20(26)16-5-4-6-17(13-16)23-31(28,29)18-8-7-15(2)19(22)14-18/h4-8,13-14,23H,3,9-12H2,1-2H3. The lowest BCUT2D eigenvalue weighted by atomic mass is 10.1. The van der Waals surface area contributed by atoms with E-state index in [0.717, 1.165) is 6.07 Å². The van der Waals surface area contributed by atoms with Gasteiger partial charge in [0.05, 0.1) is 11.5 Å². The van der Waals surface area contributed by atoms with Gasteiger partial charge in [-0.1, -0.05) is 12.1 Å². The fourth-order valence-electron chi connectivity index (χ4n) is 3.16. The first-order valence-corrected chi connectivity index (χ1v) is 11.3. The third-order valence-electron chi connectivity index (χ3n) is 4.91. The lowest BCUT2D eigenvalue weighted by molar-refractivity contribution is 0.0570. The van der Waals surface area contributed by atoms with Crippen LogP contribution in [0.5, 0.6) is 0 Å². The number of benzene rings is 2. The van der Waals surface area contributed by atoms with E-state index in [1.165, 1.54) is 24.3 Å². The third kappa shape index (κ3) is 5.32. The molecule has 2 amide bonds. The molecule has 0 saturated carbocycles. The molecule has 0 aliphatic carbocycles. The molecule has 166 valence electrons. The van der Waals surface area contributed by atoms with Gasteiger partial charge in [-0.05, 0) is 49.7 Å². The minimum Gasteiger partial charge on any atom is -0.450 e. The van der Waals surface area contributed by atoms with Gasteiger partial charge in [0.1, 0.15) is 5.82 Å². The number of halogens is 1. The van der Waals surface area contributed by atoms with Crippen LogP contribution in [0.4, 0.5) is 14.9 Å². The van der Waals surface area contributed by atoms with Gasteiger partial charge in [-0.25, -0.2) is 17.6 Å². The predicted molar refractivity (Wildman–Crippen MR) is 113 cm³/mol. The molecule has 31 heavy (non-hydrogen) atoms. The summed E-state index contributed by atoms with van der Waals surface area (Å²) in [4.78, 5) is 27.6. The number of nitrogens with zero attached hydrogens (tertiary/aromatic N) is 2. The molecule has 8 nitrogen and oxygen atoms in total. The zero-order valence-electron chi connectivity index (χ0n) is 17.3. The SMILES string of the molecule is CCOC(=O)N1CCN(C(=O)c2cccc(NS(=O)(=O)c3ccc(C)c(F)c3)c2)CC1. The number of carbonyl (C=O) groups excluding carboxylic acids is 2. The largest absolute Gasteiger partial charge is 0.450 e. The molecule has 1 aliphatic rings. The number of amides is 2. The van der Waals surface area contributed by atoms with Crippen LogP contribution in [0.1, 0.15) is 22.8 Å². The number of aryl methyl sites for hydroxylation is 1. The van der Waals surface area contributed by atoms with Gasteiger partial charge >= 0.3 is 6.09 Å². The molecule has 10 heteroatoms. The van der Waals surface area contributed by atoms with E-state index in [-0.39, 0.29) is 23.1 Å². The number of ether oxygens (including phenoxy) is 1. The minimum atomic E-state index is -4.02. The first kappa shape index (κ1) is 22.5. The summed E-state index contributed by atoms with van der Waals surface area (Å²) in [5.74, 6) is -0.889. The van der Waals surface area contributed by atoms with Gasteiger partial charge in [-0.2, -0.15) is 0 Å². The average molecular weight is 450 g/mol. The molecule has 2 aromatic rings. The molecule has 1 aliphatic heterocycles. The Morgan fingerprint density at radius 1 is 1.06 bits per heavy atom. The highest BCUT2D eigenvalue weighted by Crippen LogP contribution is 2.20. The average Bonchev–Trinajstić information content (AvgIpc) is 2.75. The number of anilines is 1. The molecule has 0 bridgehead atoms. The summed E-state index contributed by atoms with van der Waals surface area (Å²) in [5.41, 5.74) is 0.839. The van der Waals surface area contributed by atoms with Crippen molar-refractivity contribution >= 4 is 27.7 Å². The molecule has 1 N–H and O–H groups in total. The van der Waals surface area contributed by atoms with Crippen molar-refractivity contribution in [2.75, 3.05) is 37.5 Å². The molecule has 1 saturated heterocycles. The van der Waals surface area contributed by atoms with E-state index in [0.29, 0.717) is 37.3 Å². The van der Waals surface area contributed by atoms with E-state index >= 15 is 0 Å². The maximum atomic E-state index is 13.8. The normalized spacial score (nSPS) is 14.3. The number of nitrogens with one attached hydrogen (secondary N) is 1. The van der Waals surface area contributed by atoms with Crippen molar-refractivity contribution in [3.63, 3.8) is 0 Å². The predicted octanol–water partition coefficient (Wildman–Crippen LogP) is 2.85. The number of carbonyl (C=O) groups is 2. The second kappa shape index (κ2) is 9.34. The van der Waals surface area contributed by atoms with Crippen molar-refractivity contribution in [3.05, 3.63) is 59.4 Å². The highest BCUT2D eigenvalue weighted by atomic mass is 32.2. The maximum absolute atomic E-state index is 13.8. The van der Waals surface area contributed by atoms with Gasteiger partial charge in [0.15, 0.2) is 0 Å². The topological polar surface area (TPSA) is 96.0 Å². The number of rotatable bonds is 5. The van der Waals surface area contributed by atoms with Crippen LogP contribution in [0.3, 0.4) is 0 Å². The van der Waals surface area contributed by atoms with Gasteiger partial charge in [0.2, 0.25) is 0 Å². The molecular formula is C21H24FN3O5S. The van der Waals surface area contributed by atoms with Gasteiger partial charge in [0.25, 0.3) is 15.9 Å². The molecule has 3 rings (SSSR count). The van der Waals surface area contributed by atoms with Crippen LogP contribution < -0.4 is 4.72 Å². The Labute approximate surface area is 180 Å². The minimum absolute atomic E-state index is 0.192. The van der Waals surface area contributed by atoms with Crippen molar-refractivity contribution in [1.82, 2.24) is 9.80 Å². The fraction of sp³-hybridized carbons (Fsp3) is 0.333. The second-order valence-corrected chi connectivity index (χ2v) is 8.76. The summed E-state index contributed by atoms with van der Waals surface area (Å²) in [5, 5.41) is 0. The van der Waals surface area contributed by atoms with E-state index < -0.39 is 21.9 Å². The number of hydrogen-bond donors (Lipinski definition) is 1. The van der Waals surface area contributed by atoms with Crippen molar-refractivity contribution in [2.45, 2.75) is 18.7 Å². The Bertz CT molecular complexity index is 1080. The molecule has 1 fully saturated rings. The van der Waals surface area contributed by atoms with Crippen LogP contribution in [-0.2, 0) is 14.8 Å². The third-order valence-corrected chi connectivity index (χ3v) is 6.29. The summed E-state index contributed by atoms with van der Waals surface area (Å²) in [6.07, 6.45) is -0.404. The second-order valence-electron chi connectivity index (χ2n) is 7.08. The first-order chi connectivity index (χ1) is 14.7. The zero-order valence-corrected chi connectivity index (χ0v) is 18.1. The number of sulfonamides is 1. The lowest BCUT2D eigenvalue weighted by Crippen LogP contribution is -2.50. The molecule has 0 atom stereocenters. The number of hydrogen-bond acceptors (Lipinski definition) is 5. The summed E-state index contributed by atoms with van der Waals surface area (Å²) < 4.78 is 46.3. The van der Waals surface area contributed by atoms with Crippen LogP contribution in [0.25, 0.3) is 0 Å². The Hall–Kier alpha value is -3.14. The fourth-order valence-corrected chi connectivity index (χ4v) is 4.22. The molecule has 1 heterocycles. The van der Waals surface area contributed by atoms with E-state index in [9.17, 15) is 22.4 Å². The number of piperazine rings is 1. The van der Waals surface area contributed by atoms with Crippen molar-refractivity contribution < 1.29 is 27.1 Å². The van der Waals surface area contributed by atoms with Crippen LogP contribution >= 0.6 is 0 Å². The van der Waals surface area contributed by atoms with E-state index in [1.807, 2.05) is 0 Å². The quantitative estimate of drug-likeness (QED) is 0.757. The van der Waals surface area contributed by atoms with Gasteiger partial charge < -0.3 is 14.5 Å². The van der Waals surface area contributed by atoms with Gasteiger partial charge in [-0.3, -0.25) is 9.52 Å². The molecular weight excluding hydrogens is 425 g/mol. The van der Waals surface area contributed by atoms with Crippen molar-refractivity contribution in [1.29, 1.82) is 0 Å². The molecule has 0 unspecified atom stereocenters. The van der Waals surface area contributed by atoms with Crippen LogP contribution in [0.2, 0.25) is 0 Å². The van der Waals surface area contributed by atoms with Gasteiger partial charge in [-0.15, -0.1) is 0 Å². The molecule has 0 spiro atoms. The maximum Gasteiger partial charge on any atom is 0.409 e. The summed E-state index contributed by atoms with van der Waals surface area (Å²) >= 11 is 0. The monoisotopic (exact) mass is 449 g/mol. The van der Waals surface area contributed by atoms with Crippen LogP contribution in [0.15, 0.2) is 47.4 Å². The highest BCUT2D eigenvalue weighted by Gasteiger charge is 2.26. The Balaban J connectivity index is 1.69. The first-order valence-electron chi connectivity index (χ1n) is 9.81. The van der Waals surface area contributed by atoms with E-state index in [4.69, 9.17) is 4.74 Å². The van der Waals surface area contributed by atoms with Crippen LogP contribution in [-0.4, -0.2) is 63.0 Å². The van der Waals surface area contributed by atoms with Crippen LogP contribution in [0, 0.1) is 12.7 Å². The van der Waals surface area contributed by atoms with Gasteiger partial charge in [0, 0.05) is 37.4 Å². The van der Waals surface area contributed by atoms with E-state index in [1.54, 1.807) is 35.8 Å². The molecule has 0 aromatic heterocycles. The van der Waals surface area contributed by atoms with Crippen molar-refractivity contribution in [3.8, 4) is 0 Å². The molecule has 2 aromatic carbocycles. The zero-order chi connectivity index (χ0) is 22.6. The summed E-state index contributed by atoms with van der Waals surface area (Å²) in [7, 11) is -4.02. The Morgan fingerprint density at radius 3 is 2.39 bits per heavy atom. The Kier molecular flexibility index (Phi) is 6.79.